The Hall–Kier alpha value is -0.540. The molecule has 0 fully saturated rings. The molecule has 0 radical (unpaired) electrons. The maximum atomic E-state index is 9.90. The molecule has 0 bridgehead atoms. The molecule has 0 aliphatic rings. The number of carboxylic acid groups (broad SMARTS) is 1. The normalized spacial score (nSPS) is 8.00. The molecule has 0 amide bonds. The average Bonchev–Trinajstić information content (AvgIpc) is 1.80. The van der Waals surface area contributed by atoms with Crippen LogP contribution in [0.4, 0.5) is 0 Å². The summed E-state index contributed by atoms with van der Waals surface area (Å²) in [5, 5.41) is 11.0. The van der Waals surface area contributed by atoms with Crippen molar-refractivity contribution in [1.82, 2.24) is 5.32 Å². The minimum absolute atomic E-state index is 0. The largest absolute Gasteiger partial charge is 0.481 e. The van der Waals surface area contributed by atoms with E-state index in [0.29, 0.717) is 13.1 Å². The molecule has 2 N–H and O–H groups in total. The second kappa shape index (κ2) is 8.46. The first-order chi connectivity index (χ1) is 4.27. The summed E-state index contributed by atoms with van der Waals surface area (Å²) < 4.78 is 0. The number of halogens is 1. The van der Waals surface area contributed by atoms with Crippen molar-refractivity contribution in [2.24, 2.45) is 0 Å². The zero-order valence-electron chi connectivity index (χ0n) is 5.67. The maximum Gasteiger partial charge on any atom is 0.304 e. The Morgan fingerprint density at radius 3 is 2.70 bits per heavy atom. The van der Waals surface area contributed by atoms with Gasteiger partial charge in [0.15, 0.2) is 0 Å². The molecule has 0 aromatic rings. The van der Waals surface area contributed by atoms with E-state index in [0.717, 1.165) is 0 Å². The van der Waals surface area contributed by atoms with Crippen LogP contribution in [0.2, 0.25) is 0 Å². The molecule has 0 heterocycles. The first-order valence-electron chi connectivity index (χ1n) is 2.80. The van der Waals surface area contributed by atoms with Crippen LogP contribution >= 0.6 is 12.4 Å². The SMILES string of the molecule is C=CCNCCC(=O)O.Cl. The van der Waals surface area contributed by atoms with Crippen molar-refractivity contribution in [3.8, 4) is 0 Å². The minimum Gasteiger partial charge on any atom is -0.481 e. The number of aliphatic carboxylic acids is 1. The smallest absolute Gasteiger partial charge is 0.304 e. The van der Waals surface area contributed by atoms with E-state index >= 15 is 0 Å². The third-order valence-electron chi connectivity index (χ3n) is 0.804. The zero-order chi connectivity index (χ0) is 7.11. The predicted molar refractivity (Wildman–Crippen MR) is 42.6 cm³/mol. The fourth-order valence-corrected chi connectivity index (χ4v) is 0.399. The maximum absolute atomic E-state index is 9.90. The van der Waals surface area contributed by atoms with Gasteiger partial charge in [-0.1, -0.05) is 6.08 Å². The van der Waals surface area contributed by atoms with E-state index < -0.39 is 5.97 Å². The number of rotatable bonds is 5. The molecule has 0 unspecified atom stereocenters. The van der Waals surface area contributed by atoms with Crippen LogP contribution in [-0.2, 0) is 4.79 Å². The van der Waals surface area contributed by atoms with Crippen LogP contribution in [0.3, 0.4) is 0 Å². The molecule has 0 aromatic heterocycles. The fraction of sp³-hybridized carbons (Fsp3) is 0.500. The molecule has 0 atom stereocenters. The molecule has 0 saturated heterocycles. The van der Waals surface area contributed by atoms with E-state index in [9.17, 15) is 4.79 Å². The summed E-state index contributed by atoms with van der Waals surface area (Å²) in [4.78, 5) is 9.90. The van der Waals surface area contributed by atoms with Gasteiger partial charge in [0.25, 0.3) is 0 Å². The summed E-state index contributed by atoms with van der Waals surface area (Å²) in [7, 11) is 0. The van der Waals surface area contributed by atoms with Crippen molar-refractivity contribution < 1.29 is 9.90 Å². The van der Waals surface area contributed by atoms with Crippen LogP contribution in [-0.4, -0.2) is 24.2 Å². The fourth-order valence-electron chi connectivity index (χ4n) is 0.399. The quantitative estimate of drug-likeness (QED) is 0.465. The number of hydrogen-bond acceptors (Lipinski definition) is 2. The summed E-state index contributed by atoms with van der Waals surface area (Å²) in [6.45, 7) is 4.66. The second-order valence-electron chi connectivity index (χ2n) is 1.64. The van der Waals surface area contributed by atoms with Gasteiger partial charge in [-0.2, -0.15) is 0 Å². The van der Waals surface area contributed by atoms with E-state index in [1.165, 1.54) is 0 Å². The third kappa shape index (κ3) is 10.4. The standard InChI is InChI=1S/C6H11NO2.ClH/c1-2-4-7-5-3-6(8)9;/h2,7H,1,3-5H2,(H,8,9);1H. The topological polar surface area (TPSA) is 49.3 Å². The molecule has 60 valence electrons. The first-order valence-corrected chi connectivity index (χ1v) is 2.80. The molecule has 10 heavy (non-hydrogen) atoms. The Labute approximate surface area is 66.5 Å². The van der Waals surface area contributed by atoms with Gasteiger partial charge in [-0.25, -0.2) is 0 Å². The van der Waals surface area contributed by atoms with Crippen molar-refractivity contribution >= 4 is 18.4 Å². The molecule has 4 heteroatoms. The van der Waals surface area contributed by atoms with Gasteiger partial charge in [-0.05, 0) is 0 Å². The third-order valence-corrected chi connectivity index (χ3v) is 0.804. The Morgan fingerprint density at radius 1 is 1.70 bits per heavy atom. The average molecular weight is 166 g/mol. The highest BCUT2D eigenvalue weighted by Gasteiger charge is 1.92. The molecule has 0 saturated carbocycles. The molecule has 3 nitrogen and oxygen atoms in total. The number of carbonyl (C=O) groups is 1. The number of nitrogens with one attached hydrogen (secondary N) is 1. The lowest BCUT2D eigenvalue weighted by atomic mass is 10.4. The van der Waals surface area contributed by atoms with Crippen LogP contribution < -0.4 is 5.32 Å². The molecule has 0 aliphatic carbocycles. The molecular formula is C6H12ClNO2. The number of hydrogen-bond donors (Lipinski definition) is 2. The lowest BCUT2D eigenvalue weighted by molar-refractivity contribution is -0.136. The monoisotopic (exact) mass is 165 g/mol. The van der Waals surface area contributed by atoms with Gasteiger partial charge in [0.1, 0.15) is 0 Å². The van der Waals surface area contributed by atoms with Crippen molar-refractivity contribution in [2.75, 3.05) is 13.1 Å². The molecule has 0 aliphatic heterocycles. The van der Waals surface area contributed by atoms with E-state index in [1.807, 2.05) is 0 Å². The molecule has 0 aromatic carbocycles. The second-order valence-corrected chi connectivity index (χ2v) is 1.64. The van der Waals surface area contributed by atoms with Gasteiger partial charge < -0.3 is 10.4 Å². The van der Waals surface area contributed by atoms with E-state index in [1.54, 1.807) is 6.08 Å². The van der Waals surface area contributed by atoms with Crippen LogP contribution in [0.25, 0.3) is 0 Å². The highest BCUT2D eigenvalue weighted by atomic mass is 35.5. The lowest BCUT2D eigenvalue weighted by Crippen LogP contribution is -2.17. The van der Waals surface area contributed by atoms with Crippen molar-refractivity contribution in [3.05, 3.63) is 12.7 Å². The summed E-state index contributed by atoms with van der Waals surface area (Å²) in [5.41, 5.74) is 0. The zero-order valence-corrected chi connectivity index (χ0v) is 6.49. The van der Waals surface area contributed by atoms with Gasteiger partial charge in [-0.3, -0.25) is 4.79 Å². The first kappa shape index (κ1) is 12.2. The van der Waals surface area contributed by atoms with E-state index in [-0.39, 0.29) is 18.8 Å². The van der Waals surface area contributed by atoms with Gasteiger partial charge in [-0.15, -0.1) is 19.0 Å². The van der Waals surface area contributed by atoms with Crippen LogP contribution in [0.5, 0.6) is 0 Å². The molecular weight excluding hydrogens is 154 g/mol. The predicted octanol–water partition coefficient (Wildman–Crippen LogP) is 0.659. The summed E-state index contributed by atoms with van der Waals surface area (Å²) in [6, 6.07) is 0. The van der Waals surface area contributed by atoms with Gasteiger partial charge in [0.05, 0.1) is 6.42 Å². The Balaban J connectivity index is 0. The van der Waals surface area contributed by atoms with Crippen LogP contribution in [0.1, 0.15) is 6.42 Å². The van der Waals surface area contributed by atoms with Crippen molar-refractivity contribution in [1.29, 1.82) is 0 Å². The summed E-state index contributed by atoms with van der Waals surface area (Å²) >= 11 is 0. The Bertz CT molecular complexity index is 106. The number of carboxylic acids is 1. The van der Waals surface area contributed by atoms with E-state index in [4.69, 9.17) is 5.11 Å². The highest BCUT2D eigenvalue weighted by Crippen LogP contribution is 1.73. The highest BCUT2D eigenvalue weighted by molar-refractivity contribution is 5.85. The van der Waals surface area contributed by atoms with Gasteiger partial charge in [0, 0.05) is 13.1 Å². The van der Waals surface area contributed by atoms with Crippen molar-refractivity contribution in [2.45, 2.75) is 6.42 Å². The van der Waals surface area contributed by atoms with Crippen molar-refractivity contribution in [3.63, 3.8) is 0 Å². The van der Waals surface area contributed by atoms with Gasteiger partial charge >= 0.3 is 5.97 Å². The Morgan fingerprint density at radius 2 is 2.30 bits per heavy atom. The van der Waals surface area contributed by atoms with Gasteiger partial charge in [0.2, 0.25) is 0 Å². The summed E-state index contributed by atoms with van der Waals surface area (Å²) in [6.07, 6.45) is 1.87. The molecule has 0 rings (SSSR count). The Kier molecular flexibility index (Phi) is 10.3. The summed E-state index contributed by atoms with van der Waals surface area (Å²) in [5.74, 6) is -0.772. The lowest BCUT2D eigenvalue weighted by Gasteiger charge is -1.95. The van der Waals surface area contributed by atoms with E-state index in [2.05, 4.69) is 11.9 Å². The van der Waals surface area contributed by atoms with Crippen LogP contribution in [0, 0.1) is 0 Å². The minimum atomic E-state index is -0.772. The van der Waals surface area contributed by atoms with Crippen LogP contribution in [0.15, 0.2) is 12.7 Å². The molecule has 0 spiro atoms.